The number of amides is 1. The van der Waals surface area contributed by atoms with E-state index in [1.807, 2.05) is 18.7 Å². The van der Waals surface area contributed by atoms with E-state index in [1.54, 1.807) is 12.1 Å². The molecule has 2 rings (SSSR count). The van der Waals surface area contributed by atoms with Crippen molar-refractivity contribution in [2.45, 2.75) is 45.2 Å². The second-order valence-electron chi connectivity index (χ2n) is 5.83. The Labute approximate surface area is 134 Å². The van der Waals surface area contributed by atoms with Gasteiger partial charge in [-0.05, 0) is 67.4 Å². The Morgan fingerprint density at radius 2 is 2.24 bits per heavy atom. The van der Waals surface area contributed by atoms with Gasteiger partial charge in [-0.2, -0.15) is 0 Å². The lowest BCUT2D eigenvalue weighted by Crippen LogP contribution is -2.48. The summed E-state index contributed by atoms with van der Waals surface area (Å²) in [4.78, 5) is 14.5. The summed E-state index contributed by atoms with van der Waals surface area (Å²) in [7, 11) is 0. The van der Waals surface area contributed by atoms with Crippen LogP contribution in [0.5, 0.6) is 0 Å². The van der Waals surface area contributed by atoms with E-state index in [2.05, 4.69) is 21.2 Å². The Balaban J connectivity index is 2.12. The number of halogens is 2. The third-order valence-corrected chi connectivity index (χ3v) is 4.49. The molecule has 1 N–H and O–H groups in total. The summed E-state index contributed by atoms with van der Waals surface area (Å²) in [6.45, 7) is 5.75. The summed E-state index contributed by atoms with van der Waals surface area (Å²) in [5.41, 5.74) is 0.521. The minimum absolute atomic E-state index is 0.0435. The molecule has 1 heterocycles. The highest BCUT2D eigenvalue weighted by Crippen LogP contribution is 2.19. The highest BCUT2D eigenvalue weighted by molar-refractivity contribution is 9.10. The fourth-order valence-corrected chi connectivity index (χ4v) is 3.02. The summed E-state index contributed by atoms with van der Waals surface area (Å²) in [6.07, 6.45) is 3.51. The molecule has 0 bridgehead atoms. The van der Waals surface area contributed by atoms with Gasteiger partial charge in [-0.15, -0.1) is 0 Å². The molecule has 0 radical (unpaired) electrons. The lowest BCUT2D eigenvalue weighted by Gasteiger charge is -2.33. The van der Waals surface area contributed by atoms with Crippen LogP contribution in [0.4, 0.5) is 4.39 Å². The van der Waals surface area contributed by atoms with Crippen LogP contribution < -0.4 is 5.32 Å². The molecule has 1 unspecified atom stereocenters. The van der Waals surface area contributed by atoms with Gasteiger partial charge in [0.2, 0.25) is 0 Å². The molecule has 0 aliphatic carbocycles. The van der Waals surface area contributed by atoms with E-state index < -0.39 is 0 Å². The van der Waals surface area contributed by atoms with Crippen LogP contribution in [0, 0.1) is 5.82 Å². The third-order valence-electron chi connectivity index (χ3n) is 3.88. The number of benzene rings is 1. The molecule has 1 aromatic carbocycles. The maximum absolute atomic E-state index is 13.3. The number of carbonyl (C=O) groups excluding carboxylic acids is 1. The first-order chi connectivity index (χ1) is 9.99. The van der Waals surface area contributed by atoms with Gasteiger partial charge < -0.3 is 10.2 Å². The highest BCUT2D eigenvalue weighted by atomic mass is 79.9. The molecule has 0 saturated carbocycles. The first kappa shape index (κ1) is 16.4. The van der Waals surface area contributed by atoms with Crippen LogP contribution in [0.3, 0.4) is 0 Å². The molecule has 1 atom stereocenters. The zero-order valence-electron chi connectivity index (χ0n) is 12.5. The van der Waals surface area contributed by atoms with Crippen molar-refractivity contribution in [3.8, 4) is 0 Å². The fraction of sp³-hybridized carbons (Fsp3) is 0.562. The zero-order chi connectivity index (χ0) is 15.4. The summed E-state index contributed by atoms with van der Waals surface area (Å²) in [5, 5.41) is 3.47. The normalized spacial score (nSPS) is 18.8. The molecule has 1 aromatic rings. The van der Waals surface area contributed by atoms with Crippen molar-refractivity contribution < 1.29 is 9.18 Å². The van der Waals surface area contributed by atoms with Gasteiger partial charge in [-0.25, -0.2) is 4.39 Å². The van der Waals surface area contributed by atoms with Gasteiger partial charge in [-0.3, -0.25) is 4.79 Å². The van der Waals surface area contributed by atoms with Crippen molar-refractivity contribution in [1.29, 1.82) is 0 Å². The van der Waals surface area contributed by atoms with Crippen LogP contribution in [0.25, 0.3) is 0 Å². The van der Waals surface area contributed by atoms with Gasteiger partial charge in [0.25, 0.3) is 5.91 Å². The first-order valence-electron chi connectivity index (χ1n) is 7.48. The molecule has 1 fully saturated rings. The Hall–Kier alpha value is -0.940. The predicted octanol–water partition coefficient (Wildman–Crippen LogP) is 3.58. The summed E-state index contributed by atoms with van der Waals surface area (Å²) >= 11 is 3.14. The first-order valence-corrected chi connectivity index (χ1v) is 8.27. The topological polar surface area (TPSA) is 32.3 Å². The molecule has 0 aromatic heterocycles. The molecule has 1 aliphatic rings. The molecule has 116 valence electrons. The number of nitrogens with one attached hydrogen (secondary N) is 1. The Kier molecular flexibility index (Phi) is 5.76. The molecule has 5 heteroatoms. The minimum Gasteiger partial charge on any atom is -0.335 e. The van der Waals surface area contributed by atoms with Crippen molar-refractivity contribution in [1.82, 2.24) is 10.2 Å². The van der Waals surface area contributed by atoms with Gasteiger partial charge >= 0.3 is 0 Å². The van der Waals surface area contributed by atoms with E-state index in [0.29, 0.717) is 22.6 Å². The lowest BCUT2D eigenvalue weighted by molar-refractivity contribution is 0.0676. The van der Waals surface area contributed by atoms with Crippen LogP contribution in [-0.2, 0) is 0 Å². The van der Waals surface area contributed by atoms with Crippen LogP contribution in [0.1, 0.15) is 43.5 Å². The molecule has 1 saturated heterocycles. The van der Waals surface area contributed by atoms with E-state index in [1.165, 1.54) is 18.9 Å². The van der Waals surface area contributed by atoms with E-state index in [0.717, 1.165) is 13.0 Å². The highest BCUT2D eigenvalue weighted by Gasteiger charge is 2.24. The standard InChI is InChI=1S/C16H22BrFN2O/c1-11(2)20(10-13-5-3-4-8-19-13)16(21)12-6-7-15(18)14(17)9-12/h6-7,9,11,13,19H,3-5,8,10H2,1-2H3. The second kappa shape index (κ2) is 7.36. The van der Waals surface area contributed by atoms with Gasteiger partial charge in [-0.1, -0.05) is 6.42 Å². The molecular weight excluding hydrogens is 335 g/mol. The number of hydrogen-bond donors (Lipinski definition) is 1. The molecule has 3 nitrogen and oxygen atoms in total. The van der Waals surface area contributed by atoms with E-state index in [-0.39, 0.29) is 17.8 Å². The maximum atomic E-state index is 13.3. The Morgan fingerprint density at radius 3 is 2.81 bits per heavy atom. The smallest absolute Gasteiger partial charge is 0.254 e. The molecule has 1 aliphatic heterocycles. The van der Waals surface area contributed by atoms with E-state index in [4.69, 9.17) is 0 Å². The van der Waals surface area contributed by atoms with Gasteiger partial charge in [0, 0.05) is 24.2 Å². The van der Waals surface area contributed by atoms with Gasteiger partial charge in [0.05, 0.1) is 4.47 Å². The van der Waals surface area contributed by atoms with E-state index in [9.17, 15) is 9.18 Å². The van der Waals surface area contributed by atoms with Crippen LogP contribution in [-0.4, -0.2) is 36.0 Å². The second-order valence-corrected chi connectivity index (χ2v) is 6.68. The predicted molar refractivity (Wildman–Crippen MR) is 85.9 cm³/mol. The molecule has 21 heavy (non-hydrogen) atoms. The molecule has 1 amide bonds. The zero-order valence-corrected chi connectivity index (χ0v) is 14.1. The lowest BCUT2D eigenvalue weighted by atomic mass is 10.0. The van der Waals surface area contributed by atoms with Crippen molar-refractivity contribution >= 4 is 21.8 Å². The summed E-state index contributed by atoms with van der Waals surface area (Å²) < 4.78 is 13.6. The molecular formula is C16H22BrFN2O. The Bertz CT molecular complexity index is 501. The van der Waals surface area contributed by atoms with Crippen LogP contribution in [0.15, 0.2) is 22.7 Å². The number of piperidine rings is 1. The van der Waals surface area contributed by atoms with E-state index >= 15 is 0 Å². The number of carbonyl (C=O) groups is 1. The number of nitrogens with zero attached hydrogens (tertiary/aromatic N) is 1. The Morgan fingerprint density at radius 1 is 1.48 bits per heavy atom. The minimum atomic E-state index is -0.350. The van der Waals surface area contributed by atoms with Crippen LogP contribution >= 0.6 is 15.9 Å². The average Bonchev–Trinajstić information content (AvgIpc) is 2.47. The summed E-state index contributed by atoms with van der Waals surface area (Å²) in [5.74, 6) is -0.394. The van der Waals surface area contributed by atoms with Gasteiger partial charge in [0.15, 0.2) is 0 Å². The van der Waals surface area contributed by atoms with Crippen molar-refractivity contribution in [3.63, 3.8) is 0 Å². The van der Waals surface area contributed by atoms with Crippen molar-refractivity contribution in [2.75, 3.05) is 13.1 Å². The number of hydrogen-bond acceptors (Lipinski definition) is 2. The SMILES string of the molecule is CC(C)N(CC1CCCCN1)C(=O)c1ccc(F)c(Br)c1. The monoisotopic (exact) mass is 356 g/mol. The quantitative estimate of drug-likeness (QED) is 0.893. The maximum Gasteiger partial charge on any atom is 0.254 e. The number of rotatable bonds is 4. The third kappa shape index (κ3) is 4.27. The summed E-state index contributed by atoms with van der Waals surface area (Å²) in [6, 6.07) is 4.90. The largest absolute Gasteiger partial charge is 0.335 e. The molecule has 0 spiro atoms. The van der Waals surface area contributed by atoms with Crippen molar-refractivity contribution in [3.05, 3.63) is 34.1 Å². The van der Waals surface area contributed by atoms with Crippen molar-refractivity contribution in [2.24, 2.45) is 0 Å². The fourth-order valence-electron chi connectivity index (χ4n) is 2.64. The average molecular weight is 357 g/mol. The van der Waals surface area contributed by atoms with Gasteiger partial charge in [0.1, 0.15) is 5.82 Å². The van der Waals surface area contributed by atoms with Crippen LogP contribution in [0.2, 0.25) is 0 Å².